The van der Waals surface area contributed by atoms with Crippen LogP contribution in [-0.4, -0.2) is 31.0 Å². The predicted octanol–water partition coefficient (Wildman–Crippen LogP) is 1.95. The highest BCUT2D eigenvalue weighted by Gasteiger charge is 2.16. The number of amides is 1. The molecule has 0 aliphatic rings. The van der Waals surface area contributed by atoms with Crippen molar-refractivity contribution in [3.8, 4) is 0 Å². The normalized spacial score (nSPS) is 11.4. The van der Waals surface area contributed by atoms with Gasteiger partial charge in [0.05, 0.1) is 0 Å². The quantitative estimate of drug-likeness (QED) is 0.565. The fourth-order valence-corrected chi connectivity index (χ4v) is 0.944. The first-order chi connectivity index (χ1) is 6.52. The van der Waals surface area contributed by atoms with Gasteiger partial charge in [-0.05, 0) is 11.8 Å². The molecule has 0 atom stereocenters. The van der Waals surface area contributed by atoms with Crippen LogP contribution in [0.15, 0.2) is 0 Å². The summed E-state index contributed by atoms with van der Waals surface area (Å²) in [4.78, 5) is 11.2. The van der Waals surface area contributed by atoms with Crippen molar-refractivity contribution >= 4 is 21.8 Å². The molecule has 0 spiro atoms. The van der Waals surface area contributed by atoms with Gasteiger partial charge in [0.25, 0.3) is 0 Å². The Balaban J connectivity index is 3.53. The summed E-state index contributed by atoms with van der Waals surface area (Å²) in [5.74, 6) is -0.0347. The molecule has 0 rings (SSSR count). The van der Waals surface area contributed by atoms with E-state index in [9.17, 15) is 4.79 Å². The maximum atomic E-state index is 11.2. The van der Waals surface area contributed by atoms with Gasteiger partial charge in [-0.15, -0.1) is 0 Å². The van der Waals surface area contributed by atoms with E-state index in [1.165, 1.54) is 0 Å². The standard InChI is InChI=1S/C10H20BrNO2/c1-4-5-14-6-9(13)12-8-10(2,3)7-11/h4-8H2,1-3H3,(H,12,13). The maximum Gasteiger partial charge on any atom is 0.246 e. The summed E-state index contributed by atoms with van der Waals surface area (Å²) in [7, 11) is 0. The van der Waals surface area contributed by atoms with Gasteiger partial charge >= 0.3 is 0 Å². The van der Waals surface area contributed by atoms with E-state index in [-0.39, 0.29) is 17.9 Å². The summed E-state index contributed by atoms with van der Waals surface area (Å²) >= 11 is 3.40. The molecule has 0 heterocycles. The van der Waals surface area contributed by atoms with E-state index in [2.05, 4.69) is 35.1 Å². The molecule has 0 aromatic rings. The van der Waals surface area contributed by atoms with Crippen molar-refractivity contribution in [1.29, 1.82) is 0 Å². The molecule has 84 valence electrons. The minimum atomic E-state index is -0.0347. The van der Waals surface area contributed by atoms with Crippen LogP contribution >= 0.6 is 15.9 Å². The first kappa shape index (κ1) is 13.9. The fraction of sp³-hybridized carbons (Fsp3) is 0.900. The van der Waals surface area contributed by atoms with Gasteiger partial charge < -0.3 is 10.1 Å². The molecular formula is C10H20BrNO2. The van der Waals surface area contributed by atoms with E-state index in [1.54, 1.807) is 0 Å². The molecule has 0 saturated heterocycles. The summed E-state index contributed by atoms with van der Waals surface area (Å²) in [6.45, 7) is 7.70. The van der Waals surface area contributed by atoms with Gasteiger partial charge in [0.15, 0.2) is 0 Å². The van der Waals surface area contributed by atoms with Crippen molar-refractivity contribution in [2.75, 3.05) is 25.1 Å². The van der Waals surface area contributed by atoms with E-state index in [0.717, 1.165) is 11.8 Å². The molecule has 1 N–H and O–H groups in total. The zero-order valence-electron chi connectivity index (χ0n) is 9.23. The molecule has 1 amide bonds. The Morgan fingerprint density at radius 3 is 2.64 bits per heavy atom. The molecule has 0 aliphatic heterocycles. The molecule has 0 aromatic carbocycles. The Morgan fingerprint density at radius 2 is 2.14 bits per heavy atom. The topological polar surface area (TPSA) is 38.3 Å². The Bertz CT molecular complexity index is 172. The molecule has 0 radical (unpaired) electrons. The average Bonchev–Trinajstić information content (AvgIpc) is 2.16. The van der Waals surface area contributed by atoms with Crippen LogP contribution in [-0.2, 0) is 9.53 Å². The number of hydrogen-bond donors (Lipinski definition) is 1. The van der Waals surface area contributed by atoms with Gasteiger partial charge in [0.1, 0.15) is 6.61 Å². The molecule has 14 heavy (non-hydrogen) atoms. The molecule has 0 fully saturated rings. The van der Waals surface area contributed by atoms with E-state index >= 15 is 0 Å². The number of alkyl halides is 1. The number of carbonyl (C=O) groups is 1. The van der Waals surface area contributed by atoms with E-state index in [4.69, 9.17) is 4.74 Å². The number of rotatable bonds is 7. The zero-order chi connectivity index (χ0) is 11.0. The van der Waals surface area contributed by atoms with Gasteiger partial charge in [0, 0.05) is 18.5 Å². The lowest BCUT2D eigenvalue weighted by Gasteiger charge is -2.21. The molecular weight excluding hydrogens is 246 g/mol. The SMILES string of the molecule is CCCOCC(=O)NCC(C)(C)CBr. The number of nitrogens with one attached hydrogen (secondary N) is 1. The van der Waals surface area contributed by atoms with Crippen LogP contribution in [0.5, 0.6) is 0 Å². The van der Waals surface area contributed by atoms with Gasteiger partial charge in [-0.1, -0.05) is 36.7 Å². The van der Waals surface area contributed by atoms with Gasteiger partial charge in [-0.25, -0.2) is 0 Å². The highest BCUT2D eigenvalue weighted by molar-refractivity contribution is 9.09. The van der Waals surface area contributed by atoms with Crippen LogP contribution in [0.2, 0.25) is 0 Å². The molecule has 0 aliphatic carbocycles. The van der Waals surface area contributed by atoms with Gasteiger partial charge in [-0.2, -0.15) is 0 Å². The Hall–Kier alpha value is -0.0900. The number of ether oxygens (including phenoxy) is 1. The second-order valence-corrected chi connectivity index (χ2v) is 4.69. The van der Waals surface area contributed by atoms with E-state index < -0.39 is 0 Å². The van der Waals surface area contributed by atoms with Crippen molar-refractivity contribution in [3.63, 3.8) is 0 Å². The van der Waals surface area contributed by atoms with Crippen LogP contribution in [0.25, 0.3) is 0 Å². The molecule has 4 heteroatoms. The number of halogens is 1. The predicted molar refractivity (Wildman–Crippen MR) is 61.7 cm³/mol. The molecule has 0 bridgehead atoms. The highest BCUT2D eigenvalue weighted by Crippen LogP contribution is 2.15. The van der Waals surface area contributed by atoms with E-state index in [1.807, 2.05) is 6.92 Å². The minimum Gasteiger partial charge on any atom is -0.372 e. The summed E-state index contributed by atoms with van der Waals surface area (Å²) in [5.41, 5.74) is 0.0976. The Labute approximate surface area is 94.7 Å². The monoisotopic (exact) mass is 265 g/mol. The van der Waals surface area contributed by atoms with Crippen LogP contribution in [0.4, 0.5) is 0 Å². The lowest BCUT2D eigenvalue weighted by atomic mass is 9.97. The smallest absolute Gasteiger partial charge is 0.246 e. The maximum absolute atomic E-state index is 11.2. The van der Waals surface area contributed by atoms with Crippen molar-refractivity contribution in [2.45, 2.75) is 27.2 Å². The van der Waals surface area contributed by atoms with Crippen molar-refractivity contribution in [3.05, 3.63) is 0 Å². The second kappa shape index (κ2) is 7.23. The lowest BCUT2D eigenvalue weighted by Crippen LogP contribution is -2.36. The molecule has 0 unspecified atom stereocenters. The summed E-state index contributed by atoms with van der Waals surface area (Å²) in [5, 5.41) is 3.71. The van der Waals surface area contributed by atoms with Crippen LogP contribution in [0.1, 0.15) is 27.2 Å². The van der Waals surface area contributed by atoms with Crippen LogP contribution < -0.4 is 5.32 Å². The van der Waals surface area contributed by atoms with Crippen LogP contribution in [0, 0.1) is 5.41 Å². The summed E-state index contributed by atoms with van der Waals surface area (Å²) in [6.07, 6.45) is 0.945. The van der Waals surface area contributed by atoms with Crippen LogP contribution in [0.3, 0.4) is 0 Å². The number of carbonyl (C=O) groups excluding carboxylic acids is 1. The second-order valence-electron chi connectivity index (χ2n) is 4.13. The third-order valence-electron chi connectivity index (χ3n) is 1.71. The van der Waals surface area contributed by atoms with E-state index in [0.29, 0.717) is 13.2 Å². The largest absolute Gasteiger partial charge is 0.372 e. The van der Waals surface area contributed by atoms with Crippen molar-refractivity contribution in [2.24, 2.45) is 5.41 Å². The highest BCUT2D eigenvalue weighted by atomic mass is 79.9. The van der Waals surface area contributed by atoms with Crippen molar-refractivity contribution in [1.82, 2.24) is 5.32 Å². The third kappa shape index (κ3) is 7.33. The molecule has 0 saturated carbocycles. The summed E-state index contributed by atoms with van der Waals surface area (Å²) < 4.78 is 5.12. The Morgan fingerprint density at radius 1 is 1.50 bits per heavy atom. The fourth-order valence-electron chi connectivity index (χ4n) is 0.745. The number of hydrogen-bond acceptors (Lipinski definition) is 2. The molecule has 0 aromatic heterocycles. The average molecular weight is 266 g/mol. The van der Waals surface area contributed by atoms with Gasteiger partial charge in [-0.3, -0.25) is 4.79 Å². The first-order valence-electron chi connectivity index (χ1n) is 4.92. The zero-order valence-corrected chi connectivity index (χ0v) is 10.8. The van der Waals surface area contributed by atoms with Gasteiger partial charge in [0.2, 0.25) is 5.91 Å². The van der Waals surface area contributed by atoms with Crippen molar-refractivity contribution < 1.29 is 9.53 Å². The lowest BCUT2D eigenvalue weighted by molar-refractivity contribution is -0.126. The third-order valence-corrected chi connectivity index (χ3v) is 3.23. The Kier molecular flexibility index (Phi) is 7.19. The summed E-state index contributed by atoms with van der Waals surface area (Å²) in [6, 6.07) is 0. The minimum absolute atomic E-state index is 0.0347. The first-order valence-corrected chi connectivity index (χ1v) is 6.04. The molecule has 3 nitrogen and oxygen atoms in total.